The van der Waals surface area contributed by atoms with Crippen LogP contribution in [-0.4, -0.2) is 28.8 Å². The molecular weight excluding hydrogens is 218 g/mol. The Bertz CT molecular complexity index is 214. The molecule has 0 heterocycles. The van der Waals surface area contributed by atoms with Gasteiger partial charge >= 0.3 is 0 Å². The lowest BCUT2D eigenvalue weighted by atomic mass is 10.0. The number of hydrogen-bond donors (Lipinski definition) is 1. The van der Waals surface area contributed by atoms with Gasteiger partial charge in [-0.2, -0.15) is 0 Å². The molecular formula is C13H27NOS. The maximum Gasteiger partial charge on any atom is 0.0391 e. The lowest BCUT2D eigenvalue weighted by Gasteiger charge is -2.22. The van der Waals surface area contributed by atoms with Crippen molar-refractivity contribution >= 4 is 10.8 Å². The van der Waals surface area contributed by atoms with Gasteiger partial charge in [-0.1, -0.05) is 33.1 Å². The maximum atomic E-state index is 12.1. The van der Waals surface area contributed by atoms with E-state index in [-0.39, 0.29) is 0 Å². The average molecular weight is 245 g/mol. The van der Waals surface area contributed by atoms with E-state index < -0.39 is 10.8 Å². The van der Waals surface area contributed by atoms with Crippen LogP contribution in [0.2, 0.25) is 0 Å². The van der Waals surface area contributed by atoms with E-state index in [0.717, 1.165) is 23.8 Å². The molecule has 3 heteroatoms. The largest absolute Gasteiger partial charge is 0.316 e. The summed E-state index contributed by atoms with van der Waals surface area (Å²) in [6.45, 7) is 4.45. The smallest absolute Gasteiger partial charge is 0.0391 e. The normalized spacial score (nSPS) is 23.2. The Labute approximate surface area is 103 Å². The van der Waals surface area contributed by atoms with Crippen molar-refractivity contribution in [2.45, 2.75) is 52.0 Å². The fourth-order valence-corrected chi connectivity index (χ4v) is 4.42. The molecule has 0 spiro atoms. The van der Waals surface area contributed by atoms with E-state index >= 15 is 0 Å². The zero-order valence-corrected chi connectivity index (χ0v) is 11.8. The standard InChI is InChI=1S/C13H27NOS/c1-4-11(2)13(14-3)10-16(15)9-12-7-5-6-8-12/h11-14H,4-10H2,1-3H3. The van der Waals surface area contributed by atoms with Crippen molar-refractivity contribution in [1.82, 2.24) is 5.32 Å². The Morgan fingerprint density at radius 2 is 2.00 bits per heavy atom. The van der Waals surface area contributed by atoms with E-state index in [1.807, 2.05) is 7.05 Å². The van der Waals surface area contributed by atoms with Crippen molar-refractivity contribution in [2.24, 2.45) is 11.8 Å². The van der Waals surface area contributed by atoms with Crippen LogP contribution in [0.15, 0.2) is 0 Å². The quantitative estimate of drug-likeness (QED) is 0.747. The molecule has 3 atom stereocenters. The van der Waals surface area contributed by atoms with Crippen molar-refractivity contribution in [3.05, 3.63) is 0 Å². The SMILES string of the molecule is CCC(C)C(CS(=O)CC1CCCC1)NC. The van der Waals surface area contributed by atoms with Crippen LogP contribution >= 0.6 is 0 Å². The second kappa shape index (κ2) is 7.44. The first-order valence-corrected chi connectivity index (χ1v) is 8.18. The van der Waals surface area contributed by atoms with E-state index in [0.29, 0.717) is 12.0 Å². The summed E-state index contributed by atoms with van der Waals surface area (Å²) in [5, 5.41) is 3.32. The fraction of sp³-hybridized carbons (Fsp3) is 1.00. The van der Waals surface area contributed by atoms with Crippen LogP contribution in [0.1, 0.15) is 46.0 Å². The van der Waals surface area contributed by atoms with Gasteiger partial charge < -0.3 is 5.32 Å². The lowest BCUT2D eigenvalue weighted by molar-refractivity contribution is 0.417. The summed E-state index contributed by atoms with van der Waals surface area (Å²) in [7, 11) is 1.37. The minimum Gasteiger partial charge on any atom is -0.316 e. The van der Waals surface area contributed by atoms with Gasteiger partial charge in [0, 0.05) is 28.3 Å². The first kappa shape index (κ1) is 14.2. The second-order valence-electron chi connectivity index (χ2n) is 5.20. The Morgan fingerprint density at radius 3 is 2.50 bits per heavy atom. The Kier molecular flexibility index (Phi) is 6.59. The summed E-state index contributed by atoms with van der Waals surface area (Å²) < 4.78 is 12.1. The van der Waals surface area contributed by atoms with Crippen molar-refractivity contribution in [2.75, 3.05) is 18.6 Å². The summed E-state index contributed by atoms with van der Waals surface area (Å²) >= 11 is 0. The average Bonchev–Trinajstić information content (AvgIpc) is 2.77. The number of hydrogen-bond acceptors (Lipinski definition) is 2. The third-order valence-electron chi connectivity index (χ3n) is 3.96. The Balaban J connectivity index is 2.30. The molecule has 2 nitrogen and oxygen atoms in total. The van der Waals surface area contributed by atoms with Crippen LogP contribution in [0.3, 0.4) is 0 Å². The maximum absolute atomic E-state index is 12.1. The second-order valence-corrected chi connectivity index (χ2v) is 6.75. The van der Waals surface area contributed by atoms with Crippen molar-refractivity contribution < 1.29 is 4.21 Å². The molecule has 1 aliphatic carbocycles. The highest BCUT2D eigenvalue weighted by molar-refractivity contribution is 7.85. The summed E-state index contributed by atoms with van der Waals surface area (Å²) in [6.07, 6.45) is 6.47. The van der Waals surface area contributed by atoms with Gasteiger partial charge in [0.05, 0.1) is 0 Å². The predicted octanol–water partition coefficient (Wildman–Crippen LogP) is 2.56. The van der Waals surface area contributed by atoms with Gasteiger partial charge in [-0.15, -0.1) is 0 Å². The highest BCUT2D eigenvalue weighted by Gasteiger charge is 2.21. The number of rotatable bonds is 7. The van der Waals surface area contributed by atoms with Crippen molar-refractivity contribution in [3.63, 3.8) is 0 Å². The molecule has 0 radical (unpaired) electrons. The highest BCUT2D eigenvalue weighted by atomic mass is 32.2. The van der Waals surface area contributed by atoms with Crippen LogP contribution in [-0.2, 0) is 10.8 Å². The lowest BCUT2D eigenvalue weighted by Crippen LogP contribution is -2.37. The summed E-state index contributed by atoms with van der Waals surface area (Å²) in [5.41, 5.74) is 0. The first-order chi connectivity index (χ1) is 7.67. The molecule has 1 N–H and O–H groups in total. The molecule has 0 saturated heterocycles. The topological polar surface area (TPSA) is 29.1 Å². The highest BCUT2D eigenvalue weighted by Crippen LogP contribution is 2.25. The van der Waals surface area contributed by atoms with Crippen LogP contribution in [0, 0.1) is 11.8 Å². The van der Waals surface area contributed by atoms with Crippen LogP contribution in [0.4, 0.5) is 0 Å². The van der Waals surface area contributed by atoms with Gasteiger partial charge in [0.15, 0.2) is 0 Å². The Hall–Kier alpha value is 0.110. The fourth-order valence-electron chi connectivity index (χ4n) is 2.52. The van der Waals surface area contributed by atoms with E-state index in [1.165, 1.54) is 25.7 Å². The monoisotopic (exact) mass is 245 g/mol. The molecule has 0 amide bonds. The molecule has 0 aromatic heterocycles. The summed E-state index contributed by atoms with van der Waals surface area (Å²) in [5.74, 6) is 3.14. The van der Waals surface area contributed by atoms with E-state index in [2.05, 4.69) is 19.2 Å². The molecule has 0 bridgehead atoms. The molecule has 96 valence electrons. The minimum atomic E-state index is -0.624. The van der Waals surface area contributed by atoms with Crippen molar-refractivity contribution in [1.29, 1.82) is 0 Å². The molecule has 0 aromatic rings. The molecule has 0 aromatic carbocycles. The van der Waals surface area contributed by atoms with Crippen LogP contribution in [0.25, 0.3) is 0 Å². The summed E-state index contributed by atoms with van der Waals surface area (Å²) in [6, 6.07) is 0.423. The molecule has 1 rings (SSSR count). The molecule has 1 fully saturated rings. The zero-order chi connectivity index (χ0) is 12.0. The zero-order valence-electron chi connectivity index (χ0n) is 11.0. The van der Waals surface area contributed by atoms with E-state index in [9.17, 15) is 4.21 Å². The summed E-state index contributed by atoms with van der Waals surface area (Å²) in [4.78, 5) is 0. The van der Waals surface area contributed by atoms with Gasteiger partial charge in [-0.3, -0.25) is 4.21 Å². The third-order valence-corrected chi connectivity index (χ3v) is 5.54. The molecule has 1 aliphatic rings. The van der Waals surface area contributed by atoms with Gasteiger partial charge in [0.2, 0.25) is 0 Å². The van der Waals surface area contributed by atoms with E-state index in [1.54, 1.807) is 0 Å². The Morgan fingerprint density at radius 1 is 1.38 bits per heavy atom. The molecule has 3 unspecified atom stereocenters. The van der Waals surface area contributed by atoms with Gasteiger partial charge in [-0.25, -0.2) is 0 Å². The van der Waals surface area contributed by atoms with Gasteiger partial charge in [-0.05, 0) is 31.7 Å². The van der Waals surface area contributed by atoms with Crippen LogP contribution in [0.5, 0.6) is 0 Å². The van der Waals surface area contributed by atoms with Gasteiger partial charge in [0.25, 0.3) is 0 Å². The van der Waals surface area contributed by atoms with Crippen LogP contribution < -0.4 is 5.32 Å². The molecule has 0 aliphatic heterocycles. The first-order valence-electron chi connectivity index (χ1n) is 6.69. The van der Waals surface area contributed by atoms with Gasteiger partial charge in [0.1, 0.15) is 0 Å². The molecule has 1 saturated carbocycles. The number of nitrogens with one attached hydrogen (secondary N) is 1. The van der Waals surface area contributed by atoms with Crippen molar-refractivity contribution in [3.8, 4) is 0 Å². The minimum absolute atomic E-state index is 0.423. The van der Waals surface area contributed by atoms with E-state index in [4.69, 9.17) is 0 Å². The molecule has 16 heavy (non-hydrogen) atoms. The third kappa shape index (κ3) is 4.54. The predicted molar refractivity (Wildman–Crippen MR) is 72.1 cm³/mol.